The van der Waals surface area contributed by atoms with Gasteiger partial charge in [0, 0.05) is 49.5 Å². The first kappa shape index (κ1) is 24.3. The molecule has 0 unspecified atom stereocenters. The molecule has 2 rings (SSSR count). The van der Waals surface area contributed by atoms with E-state index in [-0.39, 0.29) is 5.78 Å². The zero-order valence-electron chi connectivity index (χ0n) is 17.0. The van der Waals surface area contributed by atoms with Crippen LogP contribution in [-0.2, 0) is 4.79 Å². The summed E-state index contributed by atoms with van der Waals surface area (Å²) in [6, 6.07) is 9.85. The lowest BCUT2D eigenvalue weighted by molar-refractivity contribution is -0.118. The van der Waals surface area contributed by atoms with Gasteiger partial charge >= 0.3 is 0 Å². The van der Waals surface area contributed by atoms with Crippen LogP contribution in [0.3, 0.4) is 0 Å². The molecule has 4 N–H and O–H groups in total. The maximum Gasteiger partial charge on any atom is 0.134 e. The third kappa shape index (κ3) is 8.96. The molecule has 0 fully saturated rings. The molecular formula is C21H32N4O2. The van der Waals surface area contributed by atoms with Gasteiger partial charge in [-0.2, -0.15) is 0 Å². The zero-order chi connectivity index (χ0) is 20.7. The van der Waals surface area contributed by atoms with E-state index in [1.807, 2.05) is 58.0 Å². The summed E-state index contributed by atoms with van der Waals surface area (Å²) in [6.07, 6.45) is 4.44. The van der Waals surface area contributed by atoms with Crippen molar-refractivity contribution in [3.8, 4) is 11.3 Å². The molecule has 0 spiro atoms. The highest BCUT2D eigenvalue weighted by Crippen LogP contribution is 2.21. The van der Waals surface area contributed by atoms with Crippen LogP contribution < -0.4 is 11.5 Å². The maximum absolute atomic E-state index is 10.3. The Morgan fingerprint density at radius 1 is 1.26 bits per heavy atom. The number of aryl methyl sites for hydroxylation is 1. The third-order valence-electron chi connectivity index (χ3n) is 3.41. The molecule has 27 heavy (non-hydrogen) atoms. The summed E-state index contributed by atoms with van der Waals surface area (Å²) in [5, 5.41) is 3.98. The molecule has 0 atom stereocenters. The third-order valence-corrected chi connectivity index (χ3v) is 3.41. The van der Waals surface area contributed by atoms with E-state index in [0.29, 0.717) is 19.4 Å². The van der Waals surface area contributed by atoms with Crippen LogP contribution in [0, 0.1) is 6.92 Å². The fourth-order valence-electron chi connectivity index (χ4n) is 2.03. The second kappa shape index (κ2) is 14.4. The minimum Gasteiger partial charge on any atom is -0.404 e. The highest BCUT2D eigenvalue weighted by molar-refractivity contribution is 6.09. The van der Waals surface area contributed by atoms with Gasteiger partial charge in [0.25, 0.3) is 0 Å². The number of aromatic nitrogens is 1. The number of hydrogen-bond acceptors (Lipinski definition) is 6. The average Bonchev–Trinajstić information content (AvgIpc) is 3.15. The monoisotopic (exact) mass is 372 g/mol. The van der Waals surface area contributed by atoms with E-state index in [1.165, 1.54) is 0 Å². The number of nitrogens with zero attached hydrogens (tertiary/aromatic N) is 2. The van der Waals surface area contributed by atoms with Crippen LogP contribution >= 0.6 is 0 Å². The summed E-state index contributed by atoms with van der Waals surface area (Å²) < 4.78 is 5.05. The molecular weight excluding hydrogens is 340 g/mol. The first-order valence-electron chi connectivity index (χ1n) is 9.15. The van der Waals surface area contributed by atoms with Crippen molar-refractivity contribution in [1.82, 2.24) is 5.16 Å². The van der Waals surface area contributed by atoms with Crippen molar-refractivity contribution in [2.45, 2.75) is 40.5 Å². The minimum atomic E-state index is 0.252. The van der Waals surface area contributed by atoms with E-state index in [2.05, 4.69) is 10.1 Å². The summed E-state index contributed by atoms with van der Waals surface area (Å²) in [7, 11) is 1.72. The highest BCUT2D eigenvalue weighted by atomic mass is 16.5. The molecule has 0 saturated carbocycles. The Kier molecular flexibility index (Phi) is 13.0. The van der Waals surface area contributed by atoms with Gasteiger partial charge in [0.05, 0.1) is 0 Å². The van der Waals surface area contributed by atoms with Crippen LogP contribution in [0.4, 0.5) is 0 Å². The molecule has 0 amide bonds. The van der Waals surface area contributed by atoms with Crippen LogP contribution in [0.15, 0.2) is 46.0 Å². The van der Waals surface area contributed by atoms with Gasteiger partial charge in [-0.25, -0.2) is 0 Å². The number of allylic oxidation sites excluding steroid dienone is 1. The lowest BCUT2D eigenvalue weighted by Crippen LogP contribution is -2.05. The molecule has 0 aliphatic rings. The highest BCUT2D eigenvalue weighted by Gasteiger charge is 2.04. The predicted octanol–water partition coefficient (Wildman–Crippen LogP) is 3.99. The van der Waals surface area contributed by atoms with Gasteiger partial charge in [-0.1, -0.05) is 50.2 Å². The Morgan fingerprint density at radius 3 is 2.26 bits per heavy atom. The van der Waals surface area contributed by atoms with Gasteiger partial charge in [-0.15, -0.1) is 0 Å². The van der Waals surface area contributed by atoms with E-state index >= 15 is 0 Å². The van der Waals surface area contributed by atoms with Crippen LogP contribution in [0.25, 0.3) is 16.8 Å². The normalized spacial score (nSPS) is 10.7. The molecule has 1 aromatic heterocycles. The second-order valence-corrected chi connectivity index (χ2v) is 5.34. The largest absolute Gasteiger partial charge is 0.404 e. The number of carbonyl (C=O) groups excluding carboxylic acids is 1. The fourth-order valence-corrected chi connectivity index (χ4v) is 2.03. The van der Waals surface area contributed by atoms with Gasteiger partial charge in [0.15, 0.2) is 0 Å². The van der Waals surface area contributed by atoms with Crippen molar-refractivity contribution in [2.75, 3.05) is 13.6 Å². The molecule has 0 aliphatic heterocycles. The van der Waals surface area contributed by atoms with Crippen molar-refractivity contribution < 1.29 is 9.32 Å². The van der Waals surface area contributed by atoms with Gasteiger partial charge in [-0.05, 0) is 19.0 Å². The Morgan fingerprint density at radius 2 is 1.89 bits per heavy atom. The van der Waals surface area contributed by atoms with Gasteiger partial charge in [0.2, 0.25) is 0 Å². The Labute approximate surface area is 162 Å². The molecule has 0 radical (unpaired) electrons. The van der Waals surface area contributed by atoms with Crippen molar-refractivity contribution in [3.63, 3.8) is 0 Å². The number of benzene rings is 1. The molecule has 6 nitrogen and oxygen atoms in total. The van der Waals surface area contributed by atoms with Crippen molar-refractivity contribution >= 4 is 17.6 Å². The van der Waals surface area contributed by atoms with E-state index in [1.54, 1.807) is 19.5 Å². The number of carbonyl (C=O) groups is 1. The number of Topliss-reactive ketones (excluding diaryl/α,β-unsaturated/α-hetero) is 1. The molecule has 2 aromatic rings. The summed E-state index contributed by atoms with van der Waals surface area (Å²) in [5.41, 5.74) is 14.4. The van der Waals surface area contributed by atoms with E-state index in [4.69, 9.17) is 16.0 Å². The van der Waals surface area contributed by atoms with Crippen LogP contribution in [0.2, 0.25) is 0 Å². The van der Waals surface area contributed by atoms with E-state index in [0.717, 1.165) is 28.2 Å². The molecule has 0 saturated heterocycles. The fraction of sp³-hybridized carbons (Fsp3) is 0.381. The lowest BCUT2D eigenvalue weighted by atomic mass is 10.0. The summed E-state index contributed by atoms with van der Waals surface area (Å²) >= 11 is 0. The van der Waals surface area contributed by atoms with Crippen LogP contribution in [0.5, 0.6) is 0 Å². The number of ketones is 1. The molecule has 0 bridgehead atoms. The maximum atomic E-state index is 10.3. The summed E-state index contributed by atoms with van der Waals surface area (Å²) in [4.78, 5) is 14.3. The van der Waals surface area contributed by atoms with Gasteiger partial charge in [-0.3, -0.25) is 9.79 Å². The number of rotatable bonds is 6. The van der Waals surface area contributed by atoms with E-state index < -0.39 is 0 Å². The van der Waals surface area contributed by atoms with Crippen LogP contribution in [0.1, 0.15) is 44.9 Å². The van der Waals surface area contributed by atoms with Crippen molar-refractivity contribution in [1.29, 1.82) is 0 Å². The zero-order valence-corrected chi connectivity index (χ0v) is 17.0. The van der Waals surface area contributed by atoms with Crippen molar-refractivity contribution in [2.24, 2.45) is 16.5 Å². The molecule has 1 aromatic carbocycles. The van der Waals surface area contributed by atoms with Gasteiger partial charge in [0.1, 0.15) is 17.2 Å². The first-order chi connectivity index (χ1) is 13.0. The number of aliphatic imine (C=N–C) groups is 1. The quantitative estimate of drug-likeness (QED) is 0.745. The molecule has 6 heteroatoms. The topological polar surface area (TPSA) is 108 Å². The molecule has 1 heterocycles. The summed E-state index contributed by atoms with van der Waals surface area (Å²) in [5.74, 6) is 1.05. The minimum absolute atomic E-state index is 0.252. The van der Waals surface area contributed by atoms with Crippen LogP contribution in [-0.4, -0.2) is 30.7 Å². The average molecular weight is 373 g/mol. The van der Waals surface area contributed by atoms with Gasteiger partial charge < -0.3 is 16.0 Å². The standard InChI is InChI=1S/C14H15N3O.C5H11NO.C2H6/c1-10-7-14(17-18-10)12-5-3-11(4-6-12)13(8-15)9-16-2;1-2-5(7)3-4-6;1-2/h3-9H,15H2,1-2H3;2-4,6H2,1H3;1-2H3/b13-8+,16-9?;;. The first-order valence-corrected chi connectivity index (χ1v) is 9.15. The Hall–Kier alpha value is -2.73. The van der Waals surface area contributed by atoms with E-state index in [9.17, 15) is 4.79 Å². The number of nitrogens with two attached hydrogens (primary N) is 2. The Bertz CT molecular complexity index is 716. The predicted molar refractivity (Wildman–Crippen MR) is 114 cm³/mol. The Balaban J connectivity index is 0.000000637. The SMILES string of the molecule is CC.CCC(=O)CCN.CN=C/C(=C\N)c1ccc(-c2cc(C)on2)cc1. The molecule has 148 valence electrons. The molecule has 0 aliphatic carbocycles. The lowest BCUT2D eigenvalue weighted by Gasteiger charge is -2.02. The smallest absolute Gasteiger partial charge is 0.134 e. The number of hydrogen-bond donors (Lipinski definition) is 2. The second-order valence-electron chi connectivity index (χ2n) is 5.34. The van der Waals surface area contributed by atoms with Crippen molar-refractivity contribution in [3.05, 3.63) is 47.9 Å². The summed E-state index contributed by atoms with van der Waals surface area (Å²) in [6.45, 7) is 8.21.